The zero-order valence-corrected chi connectivity index (χ0v) is 14.8. The second-order valence-corrected chi connectivity index (χ2v) is 8.50. The molecule has 3 aliphatic rings. The quantitative estimate of drug-likeness (QED) is 0.872. The molecule has 4 nitrogen and oxygen atoms in total. The Morgan fingerprint density at radius 3 is 2.83 bits per heavy atom. The number of carbonyl (C=O) groups excluding carboxylic acids is 1. The minimum atomic E-state index is -0.462. The van der Waals surface area contributed by atoms with Gasteiger partial charge in [-0.25, -0.2) is 4.79 Å². The van der Waals surface area contributed by atoms with Crippen LogP contribution in [0.15, 0.2) is 26.0 Å². The first kappa shape index (κ1) is 15.4. The Kier molecular flexibility index (Phi) is 3.87. The van der Waals surface area contributed by atoms with Crippen molar-refractivity contribution in [1.82, 2.24) is 5.32 Å². The predicted molar refractivity (Wildman–Crippen MR) is 90.1 cm³/mol. The van der Waals surface area contributed by atoms with E-state index in [0.29, 0.717) is 11.5 Å². The second kappa shape index (κ2) is 5.76. The summed E-state index contributed by atoms with van der Waals surface area (Å²) in [6.07, 6.45) is 8.08. The fourth-order valence-corrected chi connectivity index (χ4v) is 5.97. The van der Waals surface area contributed by atoms with Crippen molar-refractivity contribution in [3.63, 3.8) is 0 Å². The zero-order valence-electron chi connectivity index (χ0n) is 13.3. The minimum absolute atomic E-state index is 0.155. The first-order valence-electron chi connectivity index (χ1n) is 8.62. The summed E-state index contributed by atoms with van der Waals surface area (Å²) in [7, 11) is 0. The van der Waals surface area contributed by atoms with E-state index >= 15 is 0 Å². The van der Waals surface area contributed by atoms with Crippen molar-refractivity contribution in [2.24, 2.45) is 29.6 Å². The fraction of sp³-hybridized carbons (Fsp3) is 0.667. The molecule has 1 amide bonds. The van der Waals surface area contributed by atoms with Gasteiger partial charge in [0.05, 0.1) is 5.56 Å². The van der Waals surface area contributed by atoms with Gasteiger partial charge in [-0.15, -0.1) is 0 Å². The van der Waals surface area contributed by atoms with Crippen LogP contribution in [-0.4, -0.2) is 11.9 Å². The van der Waals surface area contributed by atoms with Crippen molar-refractivity contribution in [3.8, 4) is 0 Å². The number of fused-ring (bicyclic) bond motifs is 2. The molecule has 3 saturated carbocycles. The summed E-state index contributed by atoms with van der Waals surface area (Å²) < 4.78 is 5.16. The number of hydrogen-bond acceptors (Lipinski definition) is 3. The molecule has 0 aromatic carbocycles. The molecule has 3 fully saturated rings. The van der Waals surface area contributed by atoms with Crippen molar-refractivity contribution < 1.29 is 9.21 Å². The van der Waals surface area contributed by atoms with Crippen molar-refractivity contribution in [1.29, 1.82) is 0 Å². The Morgan fingerprint density at radius 2 is 2.04 bits per heavy atom. The minimum Gasteiger partial charge on any atom is -0.430 e. The third-order valence-corrected chi connectivity index (χ3v) is 6.95. The van der Waals surface area contributed by atoms with Crippen LogP contribution in [0.3, 0.4) is 0 Å². The molecule has 0 spiro atoms. The summed E-state index contributed by atoms with van der Waals surface area (Å²) in [5, 5.41) is 3.16. The lowest BCUT2D eigenvalue weighted by Gasteiger charge is -2.45. The van der Waals surface area contributed by atoms with Gasteiger partial charge in [0.15, 0.2) is 0 Å². The first-order chi connectivity index (χ1) is 11.0. The standard InChI is InChI=1S/C18H22BrNO3/c1-9(20-17(21)13-7-15(19)18(22)23-8-13)16-12-3-2-11-4-10(5-12)6-14(11)16/h7-12,14,16H,2-6H2,1H3,(H,20,21)/t9-,10+,11+,12-,14+,16+/m1/s1. The van der Waals surface area contributed by atoms with Gasteiger partial charge in [0.2, 0.25) is 0 Å². The molecule has 0 aliphatic heterocycles. The maximum Gasteiger partial charge on any atom is 0.350 e. The summed E-state index contributed by atoms with van der Waals surface area (Å²) in [6, 6.07) is 1.71. The van der Waals surface area contributed by atoms with Crippen LogP contribution in [0.25, 0.3) is 0 Å². The molecule has 0 unspecified atom stereocenters. The summed E-state index contributed by atoms with van der Waals surface area (Å²) in [6.45, 7) is 2.14. The monoisotopic (exact) mass is 379 g/mol. The molecule has 0 radical (unpaired) electrons. The molecule has 4 rings (SSSR count). The molecule has 0 saturated heterocycles. The van der Waals surface area contributed by atoms with Gasteiger partial charge in [0, 0.05) is 6.04 Å². The fourth-order valence-electron chi connectivity index (χ4n) is 5.63. The zero-order chi connectivity index (χ0) is 16.1. The van der Waals surface area contributed by atoms with Gasteiger partial charge in [-0.1, -0.05) is 0 Å². The number of rotatable bonds is 3. The third-order valence-electron chi connectivity index (χ3n) is 6.40. The Balaban J connectivity index is 1.49. The van der Waals surface area contributed by atoms with Crippen molar-refractivity contribution in [2.45, 2.75) is 45.1 Å². The van der Waals surface area contributed by atoms with Crippen LogP contribution in [-0.2, 0) is 0 Å². The second-order valence-electron chi connectivity index (χ2n) is 7.64. The highest BCUT2D eigenvalue weighted by atomic mass is 79.9. The molecule has 23 heavy (non-hydrogen) atoms. The molecule has 1 aromatic rings. The average molecular weight is 380 g/mol. The highest BCUT2D eigenvalue weighted by Crippen LogP contribution is 2.58. The van der Waals surface area contributed by atoms with Gasteiger partial charge >= 0.3 is 5.63 Å². The maximum absolute atomic E-state index is 12.5. The Bertz CT molecular complexity index is 685. The van der Waals surface area contributed by atoms with Crippen LogP contribution in [0.2, 0.25) is 0 Å². The summed E-state index contributed by atoms with van der Waals surface area (Å²) in [4.78, 5) is 23.8. The largest absolute Gasteiger partial charge is 0.430 e. The average Bonchev–Trinajstić information content (AvgIpc) is 2.72. The van der Waals surface area contributed by atoms with Gasteiger partial charge in [-0.2, -0.15) is 0 Å². The SMILES string of the molecule is C[C@@H](NC(=O)c1coc(=O)c(Br)c1)[C@H]1[C@@H]2CC[C@H]3C[C@@H](C2)C[C@@H]31. The number of amides is 1. The van der Waals surface area contributed by atoms with Gasteiger partial charge < -0.3 is 9.73 Å². The molecule has 124 valence electrons. The normalized spacial score (nSPS) is 36.0. The maximum atomic E-state index is 12.5. The topological polar surface area (TPSA) is 59.3 Å². The summed E-state index contributed by atoms with van der Waals surface area (Å²) in [5.74, 6) is 3.84. The van der Waals surface area contributed by atoms with Crippen LogP contribution < -0.4 is 10.9 Å². The summed E-state index contributed by atoms with van der Waals surface area (Å²) >= 11 is 3.12. The van der Waals surface area contributed by atoms with Crippen LogP contribution in [0.5, 0.6) is 0 Å². The van der Waals surface area contributed by atoms with E-state index in [4.69, 9.17) is 4.42 Å². The highest BCUT2D eigenvalue weighted by molar-refractivity contribution is 9.10. The van der Waals surface area contributed by atoms with Crippen molar-refractivity contribution >= 4 is 21.8 Å². The molecular formula is C18H22BrNO3. The van der Waals surface area contributed by atoms with Gasteiger partial charge in [-0.05, 0) is 90.6 Å². The highest BCUT2D eigenvalue weighted by Gasteiger charge is 2.51. The smallest absolute Gasteiger partial charge is 0.350 e. The molecule has 1 heterocycles. The van der Waals surface area contributed by atoms with E-state index in [0.717, 1.165) is 23.7 Å². The van der Waals surface area contributed by atoms with E-state index in [9.17, 15) is 9.59 Å². The van der Waals surface area contributed by atoms with E-state index < -0.39 is 5.63 Å². The van der Waals surface area contributed by atoms with Crippen LogP contribution in [0.1, 0.15) is 49.4 Å². The molecular weight excluding hydrogens is 358 g/mol. The Morgan fingerprint density at radius 1 is 1.30 bits per heavy atom. The van der Waals surface area contributed by atoms with E-state index in [-0.39, 0.29) is 16.4 Å². The third kappa shape index (κ3) is 2.67. The molecule has 3 aliphatic carbocycles. The number of halogens is 1. The molecule has 6 atom stereocenters. The first-order valence-corrected chi connectivity index (χ1v) is 9.41. The van der Waals surface area contributed by atoms with E-state index in [1.54, 1.807) is 0 Å². The molecule has 1 N–H and O–H groups in total. The Labute approximate surface area is 144 Å². The van der Waals surface area contributed by atoms with E-state index in [2.05, 4.69) is 28.2 Å². The number of nitrogens with one attached hydrogen (secondary N) is 1. The van der Waals surface area contributed by atoms with Crippen LogP contribution >= 0.6 is 15.9 Å². The van der Waals surface area contributed by atoms with Crippen molar-refractivity contribution in [2.75, 3.05) is 0 Å². The van der Waals surface area contributed by atoms with Gasteiger partial charge in [0.1, 0.15) is 10.7 Å². The van der Waals surface area contributed by atoms with E-state index in [1.165, 1.54) is 44.4 Å². The molecule has 3 bridgehead atoms. The molecule has 5 heteroatoms. The van der Waals surface area contributed by atoms with Crippen LogP contribution in [0, 0.1) is 29.6 Å². The lowest BCUT2D eigenvalue weighted by atomic mass is 9.62. The van der Waals surface area contributed by atoms with E-state index in [1.807, 2.05) is 0 Å². The molecule has 1 aromatic heterocycles. The number of hydrogen-bond donors (Lipinski definition) is 1. The Hall–Kier alpha value is -1.10. The van der Waals surface area contributed by atoms with Crippen LogP contribution in [0.4, 0.5) is 0 Å². The van der Waals surface area contributed by atoms with Gasteiger partial charge in [-0.3, -0.25) is 4.79 Å². The lowest BCUT2D eigenvalue weighted by molar-refractivity contribution is 0.0518. The summed E-state index contributed by atoms with van der Waals surface area (Å²) in [5.41, 5.74) is -0.0650. The lowest BCUT2D eigenvalue weighted by Crippen LogP contribution is -2.48. The predicted octanol–water partition coefficient (Wildman–Crippen LogP) is 3.59. The number of carbonyl (C=O) groups is 1. The van der Waals surface area contributed by atoms with Crippen molar-refractivity contribution in [3.05, 3.63) is 32.8 Å². The van der Waals surface area contributed by atoms with Gasteiger partial charge in [0.25, 0.3) is 5.91 Å².